The van der Waals surface area contributed by atoms with Crippen molar-refractivity contribution in [3.05, 3.63) is 35.9 Å². The monoisotopic (exact) mass is 422 g/mol. The second-order valence-electron chi connectivity index (χ2n) is 9.54. The van der Waals surface area contributed by atoms with Crippen LogP contribution in [0.3, 0.4) is 0 Å². The normalized spacial score (nSPS) is 17.5. The Morgan fingerprint density at radius 1 is 0.903 bits per heavy atom. The molecule has 0 spiro atoms. The lowest BCUT2D eigenvalue weighted by Crippen LogP contribution is -2.36. The first-order valence-corrected chi connectivity index (χ1v) is 12.2. The first-order chi connectivity index (χ1) is 15.2. The summed E-state index contributed by atoms with van der Waals surface area (Å²) in [6, 6.07) is 10.9. The minimum absolute atomic E-state index is 0.730. The summed E-state index contributed by atoms with van der Waals surface area (Å²) in [6.07, 6.45) is 8.37. The first-order valence-electron chi connectivity index (χ1n) is 12.2. The molecule has 0 atom stereocenters. The molecule has 6 heteroatoms. The van der Waals surface area contributed by atoms with E-state index >= 15 is 0 Å². The molecule has 0 aliphatic carbocycles. The summed E-state index contributed by atoms with van der Waals surface area (Å²) in [5.74, 6) is 3.91. The lowest BCUT2D eigenvalue weighted by atomic mass is 9.90. The van der Waals surface area contributed by atoms with Crippen LogP contribution < -0.4 is 15.1 Å². The maximum absolute atomic E-state index is 4.89. The molecule has 2 aliphatic heterocycles. The van der Waals surface area contributed by atoms with Crippen LogP contribution in [0.15, 0.2) is 30.3 Å². The predicted octanol–water partition coefficient (Wildman–Crippen LogP) is 4.78. The van der Waals surface area contributed by atoms with E-state index in [-0.39, 0.29) is 0 Å². The van der Waals surface area contributed by atoms with Crippen molar-refractivity contribution in [1.82, 2.24) is 15.0 Å². The Bertz CT molecular complexity index is 795. The highest BCUT2D eigenvalue weighted by Crippen LogP contribution is 2.26. The molecule has 0 unspecified atom stereocenters. The molecule has 0 saturated carbocycles. The van der Waals surface area contributed by atoms with Crippen molar-refractivity contribution in [3.8, 4) is 0 Å². The smallest absolute Gasteiger partial charge is 0.231 e. The third-order valence-corrected chi connectivity index (χ3v) is 6.51. The second kappa shape index (κ2) is 10.8. The number of hydrogen-bond acceptors (Lipinski definition) is 6. The number of benzene rings is 1. The zero-order valence-electron chi connectivity index (χ0n) is 19.3. The molecular formula is C25H38N6. The van der Waals surface area contributed by atoms with Crippen LogP contribution in [0.5, 0.6) is 0 Å². The predicted molar refractivity (Wildman–Crippen MR) is 129 cm³/mol. The van der Waals surface area contributed by atoms with Crippen molar-refractivity contribution < 1.29 is 0 Å². The number of hydrogen-bond donors (Lipinski definition) is 1. The van der Waals surface area contributed by atoms with Gasteiger partial charge in [-0.2, -0.15) is 15.0 Å². The quantitative estimate of drug-likeness (QED) is 0.587. The van der Waals surface area contributed by atoms with E-state index in [9.17, 15) is 0 Å². The van der Waals surface area contributed by atoms with Gasteiger partial charge in [0.15, 0.2) is 0 Å². The molecule has 0 amide bonds. The van der Waals surface area contributed by atoms with Crippen LogP contribution >= 0.6 is 0 Å². The van der Waals surface area contributed by atoms with Gasteiger partial charge in [0.25, 0.3) is 0 Å². The number of aromatic nitrogens is 3. The number of nitrogens with one attached hydrogen (secondary N) is 1. The van der Waals surface area contributed by atoms with Gasteiger partial charge in [-0.15, -0.1) is 0 Å². The SMILES string of the molecule is CC(C)CCCNc1nc(N2CCCC2)nc(N2CCC(Cc3ccccc3)CC2)n1. The summed E-state index contributed by atoms with van der Waals surface area (Å²) in [5.41, 5.74) is 1.45. The highest BCUT2D eigenvalue weighted by molar-refractivity contribution is 5.46. The third-order valence-electron chi connectivity index (χ3n) is 6.51. The van der Waals surface area contributed by atoms with E-state index in [0.717, 1.165) is 68.8 Å². The molecule has 0 bridgehead atoms. The molecule has 2 aromatic rings. The van der Waals surface area contributed by atoms with Gasteiger partial charge in [0, 0.05) is 32.7 Å². The molecule has 2 aliphatic rings. The molecule has 1 N–H and O–H groups in total. The van der Waals surface area contributed by atoms with E-state index in [4.69, 9.17) is 15.0 Å². The summed E-state index contributed by atoms with van der Waals surface area (Å²) in [5, 5.41) is 3.47. The van der Waals surface area contributed by atoms with E-state index in [1.807, 2.05) is 0 Å². The van der Waals surface area contributed by atoms with E-state index < -0.39 is 0 Å². The topological polar surface area (TPSA) is 57.2 Å². The van der Waals surface area contributed by atoms with E-state index in [1.54, 1.807) is 0 Å². The second-order valence-corrected chi connectivity index (χ2v) is 9.54. The molecule has 31 heavy (non-hydrogen) atoms. The molecule has 0 radical (unpaired) electrons. The number of rotatable bonds is 9. The molecular weight excluding hydrogens is 384 g/mol. The molecule has 3 heterocycles. The van der Waals surface area contributed by atoms with Crippen molar-refractivity contribution in [2.24, 2.45) is 11.8 Å². The average molecular weight is 423 g/mol. The molecule has 1 aromatic carbocycles. The van der Waals surface area contributed by atoms with Gasteiger partial charge in [-0.25, -0.2) is 0 Å². The zero-order chi connectivity index (χ0) is 21.5. The van der Waals surface area contributed by atoms with E-state index in [0.29, 0.717) is 0 Å². The largest absolute Gasteiger partial charge is 0.354 e. The standard InChI is InChI=1S/C25H38N6/c1-20(2)9-8-14-26-23-27-24(30-15-6-7-16-30)29-25(28-23)31-17-12-22(13-18-31)19-21-10-4-3-5-11-21/h3-5,10-11,20,22H,6-9,12-19H2,1-2H3,(H,26,27,28,29). The third kappa shape index (κ3) is 6.31. The number of nitrogens with zero attached hydrogens (tertiary/aromatic N) is 5. The van der Waals surface area contributed by atoms with Gasteiger partial charge in [-0.1, -0.05) is 44.2 Å². The minimum atomic E-state index is 0.730. The Morgan fingerprint density at radius 2 is 1.55 bits per heavy atom. The lowest BCUT2D eigenvalue weighted by Gasteiger charge is -2.32. The maximum atomic E-state index is 4.89. The van der Waals surface area contributed by atoms with Gasteiger partial charge in [0.2, 0.25) is 17.8 Å². The zero-order valence-corrected chi connectivity index (χ0v) is 19.3. The van der Waals surface area contributed by atoms with E-state index in [1.165, 1.54) is 44.1 Å². The van der Waals surface area contributed by atoms with Gasteiger partial charge in [0.05, 0.1) is 0 Å². The molecule has 6 nitrogen and oxygen atoms in total. The van der Waals surface area contributed by atoms with Crippen molar-refractivity contribution in [1.29, 1.82) is 0 Å². The summed E-state index contributed by atoms with van der Waals surface area (Å²) in [7, 11) is 0. The molecule has 4 rings (SSSR count). The lowest BCUT2D eigenvalue weighted by molar-refractivity contribution is 0.400. The molecule has 2 fully saturated rings. The Balaban J connectivity index is 1.40. The number of piperidine rings is 1. The summed E-state index contributed by atoms with van der Waals surface area (Å²) in [6.45, 7) is 9.61. The van der Waals surface area contributed by atoms with Crippen molar-refractivity contribution in [2.45, 2.75) is 58.8 Å². The fraction of sp³-hybridized carbons (Fsp3) is 0.640. The first kappa shape index (κ1) is 21.8. The van der Waals surface area contributed by atoms with Crippen molar-refractivity contribution >= 4 is 17.8 Å². The summed E-state index contributed by atoms with van der Waals surface area (Å²) in [4.78, 5) is 19.2. The fourth-order valence-electron chi connectivity index (χ4n) is 4.63. The Morgan fingerprint density at radius 3 is 2.19 bits per heavy atom. The van der Waals surface area contributed by atoms with Crippen LogP contribution in [0.2, 0.25) is 0 Å². The van der Waals surface area contributed by atoms with Crippen LogP contribution in [0.1, 0.15) is 57.9 Å². The highest BCUT2D eigenvalue weighted by Gasteiger charge is 2.24. The van der Waals surface area contributed by atoms with Crippen LogP contribution in [0, 0.1) is 11.8 Å². The Hall–Kier alpha value is -2.37. The van der Waals surface area contributed by atoms with Gasteiger partial charge >= 0.3 is 0 Å². The Labute approximate surface area is 187 Å². The van der Waals surface area contributed by atoms with Crippen LogP contribution in [-0.2, 0) is 6.42 Å². The van der Waals surface area contributed by atoms with Crippen LogP contribution in [0.4, 0.5) is 17.8 Å². The van der Waals surface area contributed by atoms with Gasteiger partial charge in [-0.05, 0) is 62.3 Å². The van der Waals surface area contributed by atoms with Crippen molar-refractivity contribution in [2.75, 3.05) is 47.8 Å². The molecule has 2 saturated heterocycles. The van der Waals surface area contributed by atoms with Gasteiger partial charge in [-0.3, -0.25) is 0 Å². The maximum Gasteiger partial charge on any atom is 0.231 e. The summed E-state index contributed by atoms with van der Waals surface area (Å²) < 4.78 is 0. The average Bonchev–Trinajstić information content (AvgIpc) is 3.33. The summed E-state index contributed by atoms with van der Waals surface area (Å²) >= 11 is 0. The molecule has 1 aromatic heterocycles. The van der Waals surface area contributed by atoms with Gasteiger partial charge < -0.3 is 15.1 Å². The van der Waals surface area contributed by atoms with Crippen LogP contribution in [0.25, 0.3) is 0 Å². The molecule has 168 valence electrons. The highest BCUT2D eigenvalue weighted by atomic mass is 15.4. The minimum Gasteiger partial charge on any atom is -0.354 e. The number of anilines is 3. The Kier molecular flexibility index (Phi) is 7.60. The van der Waals surface area contributed by atoms with Gasteiger partial charge in [0.1, 0.15) is 0 Å². The van der Waals surface area contributed by atoms with Crippen molar-refractivity contribution in [3.63, 3.8) is 0 Å². The van der Waals surface area contributed by atoms with E-state index in [2.05, 4.69) is 59.3 Å². The fourth-order valence-corrected chi connectivity index (χ4v) is 4.63. The van der Waals surface area contributed by atoms with Crippen LogP contribution in [-0.4, -0.2) is 47.7 Å².